The van der Waals surface area contributed by atoms with Gasteiger partial charge in [0.25, 0.3) is 0 Å². The van der Waals surface area contributed by atoms with Gasteiger partial charge in [-0.25, -0.2) is 4.68 Å². The van der Waals surface area contributed by atoms with Gasteiger partial charge in [-0.1, -0.05) is 6.92 Å². The largest absolute Gasteiger partial charge is 0.353 e. The van der Waals surface area contributed by atoms with Crippen LogP contribution in [0.1, 0.15) is 31.9 Å². The number of amides is 1. The molecule has 23 heavy (non-hydrogen) atoms. The van der Waals surface area contributed by atoms with Crippen molar-refractivity contribution in [3.63, 3.8) is 0 Å². The molecule has 0 saturated carbocycles. The molecule has 3 rings (SSSR count). The van der Waals surface area contributed by atoms with Gasteiger partial charge < -0.3 is 10.2 Å². The predicted octanol–water partition coefficient (Wildman–Crippen LogP) is 1.47. The Bertz CT molecular complexity index is 665. The number of nitrogens with zero attached hydrogens (tertiary/aromatic N) is 5. The van der Waals surface area contributed by atoms with Crippen molar-refractivity contribution in [1.29, 1.82) is 0 Å². The number of rotatable bonds is 4. The number of anilines is 1. The summed E-state index contributed by atoms with van der Waals surface area (Å²) in [4.78, 5) is 13.7. The average molecular weight is 314 g/mol. The van der Waals surface area contributed by atoms with Crippen LogP contribution in [0.4, 0.5) is 5.82 Å². The number of hydrogen-bond donors (Lipinski definition) is 1. The zero-order chi connectivity index (χ0) is 16.2. The van der Waals surface area contributed by atoms with Gasteiger partial charge in [-0.3, -0.25) is 4.79 Å². The lowest BCUT2D eigenvalue weighted by atomic mass is 10.1. The molecule has 0 radical (unpaired) electrons. The van der Waals surface area contributed by atoms with Gasteiger partial charge in [0.1, 0.15) is 0 Å². The van der Waals surface area contributed by atoms with E-state index in [0.29, 0.717) is 12.2 Å². The summed E-state index contributed by atoms with van der Waals surface area (Å²) in [6, 6.07) is 6.00. The normalized spacial score (nSPS) is 18.0. The second-order valence-electron chi connectivity index (χ2n) is 5.86. The highest BCUT2D eigenvalue weighted by atomic mass is 16.1. The van der Waals surface area contributed by atoms with E-state index in [1.54, 1.807) is 4.68 Å². The molecule has 1 saturated heterocycles. The van der Waals surface area contributed by atoms with Crippen molar-refractivity contribution in [2.75, 3.05) is 18.0 Å². The topological polar surface area (TPSA) is 75.9 Å². The van der Waals surface area contributed by atoms with Gasteiger partial charge in [-0.2, -0.15) is 5.10 Å². The summed E-state index contributed by atoms with van der Waals surface area (Å²) < 4.78 is 1.71. The minimum absolute atomic E-state index is 0.104. The molecule has 0 aliphatic carbocycles. The third-order valence-electron chi connectivity index (χ3n) is 4.03. The van der Waals surface area contributed by atoms with Crippen molar-refractivity contribution in [2.45, 2.75) is 39.2 Å². The fraction of sp³-hybridized carbons (Fsp3) is 0.500. The van der Waals surface area contributed by atoms with Crippen molar-refractivity contribution in [2.24, 2.45) is 0 Å². The van der Waals surface area contributed by atoms with E-state index in [4.69, 9.17) is 0 Å². The molecule has 1 fully saturated rings. The van der Waals surface area contributed by atoms with Crippen molar-refractivity contribution in [3.8, 4) is 5.82 Å². The number of aromatic nitrogens is 4. The minimum Gasteiger partial charge on any atom is -0.353 e. The summed E-state index contributed by atoms with van der Waals surface area (Å²) in [6.45, 7) is 5.53. The van der Waals surface area contributed by atoms with Crippen molar-refractivity contribution in [1.82, 2.24) is 25.3 Å². The fourth-order valence-electron chi connectivity index (χ4n) is 2.78. The third kappa shape index (κ3) is 3.67. The van der Waals surface area contributed by atoms with E-state index in [0.717, 1.165) is 37.4 Å². The molecule has 0 aromatic carbocycles. The average Bonchev–Trinajstić information content (AvgIpc) is 3.01. The molecule has 0 unspecified atom stereocenters. The van der Waals surface area contributed by atoms with Gasteiger partial charge in [0.05, 0.1) is 5.69 Å². The number of nitrogens with one attached hydrogen (secondary N) is 1. The van der Waals surface area contributed by atoms with Crippen LogP contribution in [-0.2, 0) is 4.79 Å². The van der Waals surface area contributed by atoms with Crippen LogP contribution in [0.5, 0.6) is 0 Å². The van der Waals surface area contributed by atoms with E-state index in [1.807, 2.05) is 38.2 Å². The van der Waals surface area contributed by atoms with Crippen molar-refractivity contribution < 1.29 is 4.79 Å². The Morgan fingerprint density at radius 3 is 2.74 bits per heavy atom. The number of hydrogen-bond acceptors (Lipinski definition) is 5. The maximum absolute atomic E-state index is 11.6. The molecular formula is C16H22N6O. The lowest BCUT2D eigenvalue weighted by Gasteiger charge is -2.33. The zero-order valence-electron chi connectivity index (χ0n) is 13.6. The quantitative estimate of drug-likeness (QED) is 0.925. The summed E-state index contributed by atoms with van der Waals surface area (Å²) >= 11 is 0. The van der Waals surface area contributed by atoms with Gasteiger partial charge in [0.15, 0.2) is 11.6 Å². The maximum atomic E-state index is 11.6. The monoisotopic (exact) mass is 314 g/mol. The second-order valence-corrected chi connectivity index (χ2v) is 5.86. The molecule has 1 amide bonds. The Hall–Kier alpha value is -2.44. The van der Waals surface area contributed by atoms with Crippen LogP contribution in [-0.4, -0.2) is 45.0 Å². The Morgan fingerprint density at radius 1 is 1.30 bits per heavy atom. The molecule has 122 valence electrons. The van der Waals surface area contributed by atoms with Gasteiger partial charge in [-0.15, -0.1) is 10.2 Å². The first-order valence-electron chi connectivity index (χ1n) is 8.06. The fourth-order valence-corrected chi connectivity index (χ4v) is 2.78. The summed E-state index contributed by atoms with van der Waals surface area (Å²) in [6.07, 6.45) is 4.45. The van der Waals surface area contributed by atoms with Gasteiger partial charge >= 0.3 is 0 Å². The smallest absolute Gasteiger partial charge is 0.219 e. The van der Waals surface area contributed by atoms with E-state index < -0.39 is 0 Å². The highest BCUT2D eigenvalue weighted by Gasteiger charge is 2.22. The molecule has 1 atom stereocenters. The SMILES string of the molecule is CCC(=O)N[C@@H]1CCCN(c2ccc(-n3ccc(C)n3)nn2)C1. The number of piperidine rings is 1. The van der Waals surface area contributed by atoms with Gasteiger partial charge in [0.2, 0.25) is 5.91 Å². The van der Waals surface area contributed by atoms with E-state index in [2.05, 4.69) is 25.5 Å². The van der Waals surface area contributed by atoms with Crippen LogP contribution in [0, 0.1) is 6.92 Å². The zero-order valence-corrected chi connectivity index (χ0v) is 13.6. The van der Waals surface area contributed by atoms with E-state index in [9.17, 15) is 4.79 Å². The molecule has 0 bridgehead atoms. The molecule has 2 aromatic rings. The predicted molar refractivity (Wildman–Crippen MR) is 87.6 cm³/mol. The van der Waals surface area contributed by atoms with Crippen LogP contribution in [0.15, 0.2) is 24.4 Å². The number of carbonyl (C=O) groups excluding carboxylic acids is 1. The number of aryl methyl sites for hydroxylation is 1. The standard InChI is InChI=1S/C16H22N6O/c1-3-16(23)17-13-5-4-9-21(11-13)14-6-7-15(19-18-14)22-10-8-12(2)20-22/h6-8,10,13H,3-5,9,11H2,1-2H3,(H,17,23)/t13-/m1/s1. The van der Waals surface area contributed by atoms with Gasteiger partial charge in [-0.05, 0) is 38.0 Å². The van der Waals surface area contributed by atoms with E-state index in [1.165, 1.54) is 0 Å². The first kappa shape index (κ1) is 15.5. The first-order chi connectivity index (χ1) is 11.2. The van der Waals surface area contributed by atoms with E-state index in [-0.39, 0.29) is 11.9 Å². The molecule has 0 spiro atoms. The lowest BCUT2D eigenvalue weighted by molar-refractivity contribution is -0.121. The summed E-state index contributed by atoms with van der Waals surface area (Å²) in [5.41, 5.74) is 0.946. The Balaban J connectivity index is 1.68. The van der Waals surface area contributed by atoms with Crippen molar-refractivity contribution >= 4 is 11.7 Å². The Kier molecular flexibility index (Phi) is 4.55. The molecule has 1 aliphatic rings. The molecule has 1 N–H and O–H groups in total. The third-order valence-corrected chi connectivity index (χ3v) is 4.03. The summed E-state index contributed by atoms with van der Waals surface area (Å²) in [7, 11) is 0. The molecule has 3 heterocycles. The van der Waals surface area contributed by atoms with Crippen LogP contribution < -0.4 is 10.2 Å². The maximum Gasteiger partial charge on any atom is 0.219 e. The van der Waals surface area contributed by atoms with Crippen LogP contribution in [0.25, 0.3) is 5.82 Å². The Morgan fingerprint density at radius 2 is 2.09 bits per heavy atom. The lowest BCUT2D eigenvalue weighted by Crippen LogP contribution is -2.48. The molecular weight excluding hydrogens is 292 g/mol. The minimum atomic E-state index is 0.104. The second kappa shape index (κ2) is 6.76. The van der Waals surface area contributed by atoms with E-state index >= 15 is 0 Å². The van der Waals surface area contributed by atoms with Crippen LogP contribution in [0.3, 0.4) is 0 Å². The number of carbonyl (C=O) groups is 1. The Labute approximate surface area is 135 Å². The first-order valence-corrected chi connectivity index (χ1v) is 8.06. The molecule has 7 nitrogen and oxygen atoms in total. The molecule has 2 aromatic heterocycles. The molecule has 1 aliphatic heterocycles. The highest BCUT2D eigenvalue weighted by Crippen LogP contribution is 2.18. The highest BCUT2D eigenvalue weighted by molar-refractivity contribution is 5.75. The van der Waals surface area contributed by atoms with Gasteiger partial charge in [0, 0.05) is 31.7 Å². The van der Waals surface area contributed by atoms with Crippen LogP contribution >= 0.6 is 0 Å². The summed E-state index contributed by atoms with van der Waals surface area (Å²) in [5.74, 6) is 1.65. The molecule has 7 heteroatoms. The van der Waals surface area contributed by atoms with Crippen LogP contribution in [0.2, 0.25) is 0 Å². The van der Waals surface area contributed by atoms with Crippen molar-refractivity contribution in [3.05, 3.63) is 30.1 Å². The summed E-state index contributed by atoms with van der Waals surface area (Å²) in [5, 5.41) is 16.0.